The lowest BCUT2D eigenvalue weighted by molar-refractivity contribution is 0.0636. The lowest BCUT2D eigenvalue weighted by Crippen LogP contribution is -2.27. The van der Waals surface area contributed by atoms with Crippen molar-refractivity contribution in [2.75, 3.05) is 5.32 Å². The van der Waals surface area contributed by atoms with Gasteiger partial charge in [-0.2, -0.15) is 0 Å². The van der Waals surface area contributed by atoms with Crippen LogP contribution in [0.5, 0.6) is 0 Å². The minimum absolute atomic E-state index is 0.254. The van der Waals surface area contributed by atoms with Gasteiger partial charge in [0.25, 0.3) is 0 Å². The summed E-state index contributed by atoms with van der Waals surface area (Å²) >= 11 is 1.05. The first kappa shape index (κ1) is 19.1. The summed E-state index contributed by atoms with van der Waals surface area (Å²) in [5.74, 6) is 0. The molecule has 0 fully saturated rings. The van der Waals surface area contributed by atoms with E-state index in [1.165, 1.54) is 6.20 Å². The van der Waals surface area contributed by atoms with Crippen LogP contribution >= 0.6 is 18.9 Å². The van der Waals surface area contributed by atoms with Crippen LogP contribution in [0.2, 0.25) is 0 Å². The van der Waals surface area contributed by atoms with Crippen LogP contribution in [0.15, 0.2) is 6.20 Å². The molecule has 0 unspecified atom stereocenters. The highest BCUT2D eigenvalue weighted by Gasteiger charge is 2.46. The van der Waals surface area contributed by atoms with Crippen molar-refractivity contribution in [1.29, 1.82) is 0 Å². The fourth-order valence-electron chi connectivity index (χ4n) is 2.09. The van der Waals surface area contributed by atoms with Gasteiger partial charge < -0.3 is 14.5 Å². The van der Waals surface area contributed by atoms with E-state index in [2.05, 4.69) is 10.3 Å². The highest BCUT2D eigenvalue weighted by atomic mass is 32.1. The topological polar surface area (TPSA) is 109 Å². The lowest BCUT2D eigenvalue weighted by Gasteiger charge is -2.30. The predicted octanol–water partition coefficient (Wildman–Crippen LogP) is 3.68. The number of amides is 1. The molecule has 1 heterocycles. The molecule has 1 rings (SSSR count). The summed E-state index contributed by atoms with van der Waals surface area (Å²) in [7, 11) is -4.36. The van der Waals surface area contributed by atoms with Gasteiger partial charge in [-0.05, 0) is 33.6 Å². The second-order valence-corrected chi connectivity index (χ2v) is 8.91. The molecule has 7 nitrogen and oxygen atoms in total. The molecule has 0 aliphatic carbocycles. The van der Waals surface area contributed by atoms with Gasteiger partial charge in [0.05, 0.1) is 0 Å². The molecule has 9 heteroatoms. The maximum absolute atomic E-state index is 11.9. The zero-order valence-electron chi connectivity index (χ0n) is 13.4. The van der Waals surface area contributed by atoms with Crippen LogP contribution in [0, 0.1) is 0 Å². The van der Waals surface area contributed by atoms with E-state index in [1.807, 2.05) is 0 Å². The second-order valence-electron chi connectivity index (χ2n) is 5.94. The van der Waals surface area contributed by atoms with Crippen LogP contribution < -0.4 is 5.32 Å². The van der Waals surface area contributed by atoms with Crippen molar-refractivity contribution in [2.24, 2.45) is 0 Å². The molecule has 0 radical (unpaired) electrons. The van der Waals surface area contributed by atoms with E-state index in [9.17, 15) is 19.1 Å². The maximum atomic E-state index is 11.9. The molecule has 0 saturated heterocycles. The van der Waals surface area contributed by atoms with Crippen molar-refractivity contribution in [3.8, 4) is 0 Å². The van der Waals surface area contributed by atoms with Crippen molar-refractivity contribution in [3.63, 3.8) is 0 Å². The van der Waals surface area contributed by atoms with Gasteiger partial charge in [-0.25, -0.2) is 9.78 Å². The van der Waals surface area contributed by atoms with Gasteiger partial charge in [-0.1, -0.05) is 13.8 Å². The standard InChI is InChI=1S/C13H23N2O5PS/c1-6-13(7-2,21(17,18)19)9-8-14-10(22-9)15-11(16)20-12(3,4)5/h8H,6-7H2,1-5H3,(H,14,15,16)(H2,17,18,19). The van der Waals surface area contributed by atoms with Crippen molar-refractivity contribution in [2.45, 2.75) is 58.2 Å². The fraction of sp³-hybridized carbons (Fsp3) is 0.692. The van der Waals surface area contributed by atoms with E-state index in [4.69, 9.17) is 4.74 Å². The molecule has 126 valence electrons. The van der Waals surface area contributed by atoms with Gasteiger partial charge in [-0.3, -0.25) is 9.88 Å². The van der Waals surface area contributed by atoms with Gasteiger partial charge in [0.2, 0.25) is 0 Å². The number of nitrogens with zero attached hydrogens (tertiary/aromatic N) is 1. The third kappa shape index (κ3) is 4.29. The van der Waals surface area contributed by atoms with Gasteiger partial charge in [0.1, 0.15) is 10.8 Å². The first-order chi connectivity index (χ1) is 9.95. The number of carbonyl (C=O) groups excluding carboxylic acids is 1. The molecule has 1 aromatic rings. The molecule has 0 saturated carbocycles. The van der Waals surface area contributed by atoms with Crippen molar-refractivity contribution >= 4 is 30.2 Å². The molecule has 3 N–H and O–H groups in total. The van der Waals surface area contributed by atoms with Gasteiger partial charge in [0, 0.05) is 11.1 Å². The molecular weight excluding hydrogens is 327 g/mol. The molecule has 0 aromatic carbocycles. The number of thiazole rings is 1. The Morgan fingerprint density at radius 3 is 2.32 bits per heavy atom. The van der Waals surface area contributed by atoms with Crippen LogP contribution in [-0.2, 0) is 14.5 Å². The summed E-state index contributed by atoms with van der Waals surface area (Å²) in [6.45, 7) is 8.68. The predicted molar refractivity (Wildman–Crippen MR) is 86.3 cm³/mol. The molecule has 0 spiro atoms. The quantitative estimate of drug-likeness (QED) is 0.699. The zero-order chi connectivity index (χ0) is 17.2. The minimum Gasteiger partial charge on any atom is -0.444 e. The average molecular weight is 350 g/mol. The Balaban J connectivity index is 3.00. The molecule has 22 heavy (non-hydrogen) atoms. The summed E-state index contributed by atoms with van der Waals surface area (Å²) in [4.78, 5) is 35.6. The average Bonchev–Trinajstić information content (AvgIpc) is 2.75. The Kier molecular flexibility index (Phi) is 5.78. The van der Waals surface area contributed by atoms with Crippen LogP contribution in [0.1, 0.15) is 52.3 Å². The summed E-state index contributed by atoms with van der Waals surface area (Å²) in [6.07, 6.45) is 1.32. The molecular formula is C13H23N2O5PS. The van der Waals surface area contributed by atoms with Crippen LogP contribution in [0.25, 0.3) is 0 Å². The van der Waals surface area contributed by atoms with Crippen LogP contribution in [0.3, 0.4) is 0 Å². The number of nitrogens with one attached hydrogen (secondary N) is 1. The fourth-order valence-corrected chi connectivity index (χ4v) is 4.79. The van der Waals surface area contributed by atoms with Crippen molar-refractivity contribution < 1.29 is 23.9 Å². The normalized spacial score (nSPS) is 13.0. The molecule has 0 atom stereocenters. The van der Waals surface area contributed by atoms with E-state index in [-0.39, 0.29) is 18.0 Å². The number of anilines is 1. The van der Waals surface area contributed by atoms with Gasteiger partial charge in [0.15, 0.2) is 5.13 Å². The van der Waals surface area contributed by atoms with E-state index in [0.717, 1.165) is 11.3 Å². The smallest absolute Gasteiger partial charge is 0.413 e. The van der Waals surface area contributed by atoms with E-state index >= 15 is 0 Å². The first-order valence-corrected chi connectivity index (χ1v) is 9.40. The lowest BCUT2D eigenvalue weighted by atomic mass is 10.0. The number of carbonyl (C=O) groups is 1. The zero-order valence-corrected chi connectivity index (χ0v) is 15.1. The third-order valence-electron chi connectivity index (χ3n) is 3.30. The number of ether oxygens (including phenoxy) is 1. The number of aromatic nitrogens is 1. The summed E-state index contributed by atoms with van der Waals surface area (Å²) < 4.78 is 17.0. The van der Waals surface area contributed by atoms with Gasteiger partial charge in [-0.15, -0.1) is 11.3 Å². The Labute approximate surface area is 134 Å². The highest BCUT2D eigenvalue weighted by Crippen LogP contribution is 2.62. The van der Waals surface area contributed by atoms with E-state index < -0.39 is 24.4 Å². The molecule has 1 aromatic heterocycles. The molecule has 0 aliphatic heterocycles. The maximum Gasteiger partial charge on any atom is 0.413 e. The number of hydrogen-bond acceptors (Lipinski definition) is 5. The Hall–Kier alpha value is -0.950. The summed E-state index contributed by atoms with van der Waals surface area (Å²) in [5.41, 5.74) is -0.632. The SMILES string of the molecule is CCC(CC)(c1cnc(NC(=O)OC(C)(C)C)s1)P(=O)(O)O. The molecule has 0 bridgehead atoms. The second kappa shape index (κ2) is 6.66. The van der Waals surface area contributed by atoms with Crippen LogP contribution in [0.4, 0.5) is 9.93 Å². The van der Waals surface area contributed by atoms with Gasteiger partial charge >= 0.3 is 13.7 Å². The number of rotatable bonds is 5. The molecule has 0 aliphatic rings. The number of hydrogen-bond donors (Lipinski definition) is 3. The monoisotopic (exact) mass is 350 g/mol. The van der Waals surface area contributed by atoms with E-state index in [1.54, 1.807) is 34.6 Å². The molecule has 1 amide bonds. The Morgan fingerprint density at radius 2 is 1.91 bits per heavy atom. The highest BCUT2D eigenvalue weighted by molar-refractivity contribution is 7.53. The summed E-state index contributed by atoms with van der Waals surface area (Å²) in [5, 5.41) is 1.47. The summed E-state index contributed by atoms with van der Waals surface area (Å²) in [6, 6.07) is 0. The third-order valence-corrected chi connectivity index (χ3v) is 6.56. The largest absolute Gasteiger partial charge is 0.444 e. The van der Waals surface area contributed by atoms with Crippen LogP contribution in [-0.4, -0.2) is 26.5 Å². The van der Waals surface area contributed by atoms with Crippen molar-refractivity contribution in [3.05, 3.63) is 11.1 Å². The van der Waals surface area contributed by atoms with Crippen molar-refractivity contribution in [1.82, 2.24) is 4.98 Å². The first-order valence-electron chi connectivity index (χ1n) is 6.97. The minimum atomic E-state index is -4.36. The Bertz CT molecular complexity index is 571. The van der Waals surface area contributed by atoms with E-state index in [0.29, 0.717) is 4.88 Å². The Morgan fingerprint density at radius 1 is 1.36 bits per heavy atom.